The summed E-state index contributed by atoms with van der Waals surface area (Å²) in [4.78, 5) is 15.0. The molecule has 2 rings (SSSR count). The van der Waals surface area contributed by atoms with Gasteiger partial charge >= 0.3 is 5.97 Å². The van der Waals surface area contributed by atoms with Gasteiger partial charge in [-0.1, -0.05) is 23.2 Å². The van der Waals surface area contributed by atoms with Crippen molar-refractivity contribution in [1.29, 1.82) is 0 Å². The average Bonchev–Trinajstić information content (AvgIpc) is 2.21. The number of nitrogens with two attached hydrogens (primary N) is 1. The SMILES string of the molecule is Cc1c(C(=O)O)nc2cc(Cl)cc(Cl)c2c1N. The number of pyridine rings is 1. The van der Waals surface area contributed by atoms with E-state index in [4.69, 9.17) is 34.0 Å². The molecule has 0 unspecified atom stereocenters. The lowest BCUT2D eigenvalue weighted by Gasteiger charge is -2.10. The molecule has 2 aromatic rings. The summed E-state index contributed by atoms with van der Waals surface area (Å²) in [5.74, 6) is -1.13. The number of aromatic nitrogens is 1. The quantitative estimate of drug-likeness (QED) is 0.835. The Labute approximate surface area is 107 Å². The van der Waals surface area contributed by atoms with Crippen molar-refractivity contribution >= 4 is 45.8 Å². The lowest BCUT2D eigenvalue weighted by Crippen LogP contribution is -2.07. The number of halogens is 2. The number of hydrogen-bond donors (Lipinski definition) is 2. The molecule has 0 aliphatic heterocycles. The Bertz CT molecular complexity index is 641. The van der Waals surface area contributed by atoms with Crippen molar-refractivity contribution in [1.82, 2.24) is 4.98 Å². The third-order valence-corrected chi connectivity index (χ3v) is 3.01. The van der Waals surface area contributed by atoms with Crippen molar-refractivity contribution in [3.8, 4) is 0 Å². The zero-order chi connectivity index (χ0) is 12.7. The molecular formula is C11H8Cl2N2O2. The van der Waals surface area contributed by atoms with Gasteiger partial charge in [-0.05, 0) is 19.1 Å². The molecule has 0 saturated carbocycles. The van der Waals surface area contributed by atoms with E-state index in [9.17, 15) is 4.79 Å². The third-order valence-electron chi connectivity index (χ3n) is 2.50. The molecule has 0 aliphatic rings. The van der Waals surface area contributed by atoms with Crippen molar-refractivity contribution < 1.29 is 9.90 Å². The molecule has 0 spiro atoms. The van der Waals surface area contributed by atoms with Gasteiger partial charge in [0.25, 0.3) is 0 Å². The van der Waals surface area contributed by atoms with Crippen molar-refractivity contribution in [2.45, 2.75) is 6.92 Å². The molecule has 4 nitrogen and oxygen atoms in total. The highest BCUT2D eigenvalue weighted by atomic mass is 35.5. The Balaban J connectivity index is 2.96. The first-order valence-corrected chi connectivity index (χ1v) is 5.45. The smallest absolute Gasteiger partial charge is 0.354 e. The van der Waals surface area contributed by atoms with Gasteiger partial charge in [-0.3, -0.25) is 0 Å². The molecule has 88 valence electrons. The zero-order valence-corrected chi connectivity index (χ0v) is 10.3. The van der Waals surface area contributed by atoms with Gasteiger partial charge in [-0.15, -0.1) is 0 Å². The molecule has 3 N–H and O–H groups in total. The molecule has 17 heavy (non-hydrogen) atoms. The fraction of sp³-hybridized carbons (Fsp3) is 0.0909. The molecule has 0 bridgehead atoms. The molecule has 1 aromatic heterocycles. The molecule has 0 fully saturated rings. The Morgan fingerprint density at radius 1 is 1.41 bits per heavy atom. The first-order valence-electron chi connectivity index (χ1n) is 4.70. The Kier molecular flexibility index (Phi) is 2.85. The Hall–Kier alpha value is -1.52. The lowest BCUT2D eigenvalue weighted by atomic mass is 10.1. The monoisotopic (exact) mass is 270 g/mol. The standard InChI is InChI=1S/C11H8Cl2N2O2/c1-4-9(14)8-6(13)2-5(12)3-7(8)15-10(4)11(16)17/h2-3H,1H3,(H2,14,15)(H,16,17). The van der Waals surface area contributed by atoms with Gasteiger partial charge in [-0.25, -0.2) is 9.78 Å². The molecule has 0 radical (unpaired) electrons. The maximum absolute atomic E-state index is 11.0. The van der Waals surface area contributed by atoms with Gasteiger partial charge < -0.3 is 10.8 Å². The lowest BCUT2D eigenvalue weighted by molar-refractivity contribution is 0.0690. The van der Waals surface area contributed by atoms with Gasteiger partial charge in [0.05, 0.1) is 10.5 Å². The summed E-state index contributed by atoms with van der Waals surface area (Å²) in [6, 6.07) is 3.08. The Morgan fingerprint density at radius 3 is 2.65 bits per heavy atom. The number of carboxylic acid groups (broad SMARTS) is 1. The van der Waals surface area contributed by atoms with E-state index in [2.05, 4.69) is 4.98 Å². The third kappa shape index (κ3) is 1.90. The number of fused-ring (bicyclic) bond motifs is 1. The van der Waals surface area contributed by atoms with E-state index >= 15 is 0 Å². The maximum atomic E-state index is 11.0. The van der Waals surface area contributed by atoms with E-state index in [0.29, 0.717) is 32.2 Å². The number of anilines is 1. The van der Waals surface area contributed by atoms with Crippen molar-refractivity contribution in [2.24, 2.45) is 0 Å². The van der Waals surface area contributed by atoms with Gasteiger partial charge in [-0.2, -0.15) is 0 Å². The minimum absolute atomic E-state index is 0.0895. The normalized spacial score (nSPS) is 10.8. The van der Waals surface area contributed by atoms with Crippen molar-refractivity contribution in [3.05, 3.63) is 33.4 Å². The fourth-order valence-electron chi connectivity index (χ4n) is 1.64. The topological polar surface area (TPSA) is 76.2 Å². The highest BCUT2D eigenvalue weighted by Gasteiger charge is 2.16. The van der Waals surface area contributed by atoms with E-state index in [1.54, 1.807) is 13.0 Å². The molecular weight excluding hydrogens is 263 g/mol. The summed E-state index contributed by atoms with van der Waals surface area (Å²) in [7, 11) is 0. The van der Waals surface area contributed by atoms with E-state index in [1.807, 2.05) is 0 Å². The number of rotatable bonds is 1. The van der Waals surface area contributed by atoms with Crippen LogP contribution in [0.1, 0.15) is 16.1 Å². The largest absolute Gasteiger partial charge is 0.477 e. The summed E-state index contributed by atoms with van der Waals surface area (Å²) in [6.07, 6.45) is 0. The van der Waals surface area contributed by atoms with Crippen LogP contribution in [0, 0.1) is 6.92 Å². The minimum atomic E-state index is -1.13. The minimum Gasteiger partial charge on any atom is -0.477 e. The van der Waals surface area contributed by atoms with Gasteiger partial charge in [0.2, 0.25) is 0 Å². The molecule has 0 amide bonds. The molecule has 1 heterocycles. The first kappa shape index (κ1) is 12.0. The van der Waals surface area contributed by atoms with Crippen LogP contribution in [0.3, 0.4) is 0 Å². The highest BCUT2D eigenvalue weighted by molar-refractivity contribution is 6.39. The molecule has 0 atom stereocenters. The van der Waals surface area contributed by atoms with E-state index < -0.39 is 5.97 Å². The molecule has 0 saturated heterocycles. The summed E-state index contributed by atoms with van der Waals surface area (Å²) in [5, 5.41) is 10.3. The first-order chi connectivity index (χ1) is 7.91. The Morgan fingerprint density at radius 2 is 2.06 bits per heavy atom. The summed E-state index contributed by atoms with van der Waals surface area (Å²) in [6.45, 7) is 1.59. The summed E-state index contributed by atoms with van der Waals surface area (Å²) < 4.78 is 0. The van der Waals surface area contributed by atoms with Crippen LogP contribution in [-0.2, 0) is 0 Å². The average molecular weight is 271 g/mol. The van der Waals surface area contributed by atoms with Crippen molar-refractivity contribution in [2.75, 3.05) is 5.73 Å². The van der Waals surface area contributed by atoms with Crippen LogP contribution >= 0.6 is 23.2 Å². The van der Waals surface area contributed by atoms with Gasteiger partial charge in [0.1, 0.15) is 0 Å². The number of nitrogens with zero attached hydrogens (tertiary/aromatic N) is 1. The summed E-state index contributed by atoms with van der Waals surface area (Å²) in [5.41, 5.74) is 6.88. The van der Waals surface area contributed by atoms with Crippen LogP contribution in [0.5, 0.6) is 0 Å². The van der Waals surface area contributed by atoms with Gasteiger partial charge in [0.15, 0.2) is 5.69 Å². The van der Waals surface area contributed by atoms with E-state index in [-0.39, 0.29) is 5.69 Å². The molecule has 0 aliphatic carbocycles. The van der Waals surface area contributed by atoms with E-state index in [0.717, 1.165) is 0 Å². The fourth-order valence-corrected chi connectivity index (χ4v) is 2.23. The zero-order valence-electron chi connectivity index (χ0n) is 8.79. The highest BCUT2D eigenvalue weighted by Crippen LogP contribution is 2.33. The number of hydrogen-bond acceptors (Lipinski definition) is 3. The number of carboxylic acids is 1. The van der Waals surface area contributed by atoms with Crippen LogP contribution in [-0.4, -0.2) is 16.1 Å². The van der Waals surface area contributed by atoms with Crippen LogP contribution < -0.4 is 5.73 Å². The van der Waals surface area contributed by atoms with Crippen molar-refractivity contribution in [3.63, 3.8) is 0 Å². The summed E-state index contributed by atoms with van der Waals surface area (Å²) >= 11 is 11.9. The predicted octanol–water partition coefficient (Wildman–Crippen LogP) is 3.13. The number of carbonyl (C=O) groups is 1. The second-order valence-electron chi connectivity index (χ2n) is 3.59. The van der Waals surface area contributed by atoms with Crippen LogP contribution in [0.15, 0.2) is 12.1 Å². The maximum Gasteiger partial charge on any atom is 0.354 e. The number of aromatic carboxylic acids is 1. The second-order valence-corrected chi connectivity index (χ2v) is 4.43. The number of nitrogen functional groups attached to an aromatic ring is 1. The van der Waals surface area contributed by atoms with E-state index in [1.165, 1.54) is 6.07 Å². The van der Waals surface area contributed by atoms with Crippen LogP contribution in [0.25, 0.3) is 10.9 Å². The van der Waals surface area contributed by atoms with Crippen LogP contribution in [0.2, 0.25) is 10.0 Å². The number of benzene rings is 1. The molecule has 6 heteroatoms. The van der Waals surface area contributed by atoms with Gasteiger partial charge in [0, 0.05) is 21.7 Å². The predicted molar refractivity (Wildman–Crippen MR) is 67.9 cm³/mol. The molecule has 1 aromatic carbocycles. The van der Waals surface area contributed by atoms with Crippen LogP contribution in [0.4, 0.5) is 5.69 Å². The second kappa shape index (κ2) is 4.05.